The zero-order chi connectivity index (χ0) is 10.7. The standard InChI is InChI=1S/C14H21N/c1-3-12-8-9-15-14(12)10-13-7-5-4-6-11(13)2/h4-7,12,14-15H,3,8-10H2,1-2H3/t12-,14+/m1/s1. The van der Waals surface area contributed by atoms with Crippen molar-refractivity contribution in [3.8, 4) is 0 Å². The Hall–Kier alpha value is -0.820. The number of aryl methyl sites for hydroxylation is 1. The Bertz CT molecular complexity index is 319. The molecule has 1 fully saturated rings. The van der Waals surface area contributed by atoms with Gasteiger partial charge in [-0.25, -0.2) is 0 Å². The zero-order valence-corrected chi connectivity index (χ0v) is 9.79. The highest BCUT2D eigenvalue weighted by atomic mass is 14.9. The Morgan fingerprint density at radius 1 is 1.33 bits per heavy atom. The molecule has 1 nitrogen and oxygen atoms in total. The SMILES string of the molecule is CC[C@@H]1CCN[C@H]1Cc1ccccc1C. The Kier molecular flexibility index (Phi) is 3.42. The van der Waals surface area contributed by atoms with E-state index in [0.717, 1.165) is 5.92 Å². The molecule has 0 amide bonds. The summed E-state index contributed by atoms with van der Waals surface area (Å²) in [5, 5.41) is 3.63. The van der Waals surface area contributed by atoms with Gasteiger partial charge in [0.15, 0.2) is 0 Å². The van der Waals surface area contributed by atoms with Crippen molar-refractivity contribution in [2.45, 2.75) is 39.2 Å². The van der Waals surface area contributed by atoms with Crippen molar-refractivity contribution in [3.05, 3.63) is 35.4 Å². The first-order chi connectivity index (χ1) is 7.31. The largest absolute Gasteiger partial charge is 0.313 e. The van der Waals surface area contributed by atoms with E-state index in [9.17, 15) is 0 Å². The summed E-state index contributed by atoms with van der Waals surface area (Å²) < 4.78 is 0. The summed E-state index contributed by atoms with van der Waals surface area (Å²) in [7, 11) is 0. The van der Waals surface area contributed by atoms with Crippen LogP contribution < -0.4 is 5.32 Å². The normalized spacial score (nSPS) is 25.7. The molecule has 0 bridgehead atoms. The third-order valence-electron chi connectivity index (χ3n) is 3.72. The second-order valence-electron chi connectivity index (χ2n) is 4.65. The maximum absolute atomic E-state index is 3.63. The Morgan fingerprint density at radius 2 is 2.13 bits per heavy atom. The number of hydrogen-bond donors (Lipinski definition) is 1. The van der Waals surface area contributed by atoms with E-state index in [4.69, 9.17) is 0 Å². The molecular weight excluding hydrogens is 182 g/mol. The first-order valence-electron chi connectivity index (χ1n) is 6.09. The molecule has 0 aliphatic carbocycles. The molecule has 2 rings (SSSR count). The van der Waals surface area contributed by atoms with E-state index in [1.165, 1.54) is 36.9 Å². The topological polar surface area (TPSA) is 12.0 Å². The fraction of sp³-hybridized carbons (Fsp3) is 0.571. The summed E-state index contributed by atoms with van der Waals surface area (Å²) in [6, 6.07) is 9.46. The smallest absolute Gasteiger partial charge is 0.0136 e. The molecule has 15 heavy (non-hydrogen) atoms. The molecule has 1 aliphatic rings. The monoisotopic (exact) mass is 203 g/mol. The molecule has 0 spiro atoms. The van der Waals surface area contributed by atoms with Crippen LogP contribution in [0.15, 0.2) is 24.3 Å². The van der Waals surface area contributed by atoms with E-state index in [2.05, 4.69) is 43.4 Å². The van der Waals surface area contributed by atoms with Crippen molar-refractivity contribution in [2.24, 2.45) is 5.92 Å². The van der Waals surface area contributed by atoms with Crippen molar-refractivity contribution in [1.82, 2.24) is 5.32 Å². The van der Waals surface area contributed by atoms with E-state index in [1.54, 1.807) is 0 Å². The second kappa shape index (κ2) is 4.80. The maximum Gasteiger partial charge on any atom is 0.0136 e. The molecule has 0 radical (unpaired) electrons. The van der Waals surface area contributed by atoms with Crippen molar-refractivity contribution >= 4 is 0 Å². The number of rotatable bonds is 3. The fourth-order valence-electron chi connectivity index (χ4n) is 2.63. The lowest BCUT2D eigenvalue weighted by atomic mass is 9.91. The van der Waals surface area contributed by atoms with Crippen LogP contribution >= 0.6 is 0 Å². The number of nitrogens with one attached hydrogen (secondary N) is 1. The van der Waals surface area contributed by atoms with Crippen molar-refractivity contribution in [1.29, 1.82) is 0 Å². The van der Waals surface area contributed by atoms with Crippen LogP contribution in [0.1, 0.15) is 30.9 Å². The van der Waals surface area contributed by atoms with Crippen molar-refractivity contribution < 1.29 is 0 Å². The number of hydrogen-bond acceptors (Lipinski definition) is 1. The highest BCUT2D eigenvalue weighted by Crippen LogP contribution is 2.23. The molecule has 82 valence electrons. The first kappa shape index (κ1) is 10.7. The van der Waals surface area contributed by atoms with Gasteiger partial charge in [-0.3, -0.25) is 0 Å². The first-order valence-corrected chi connectivity index (χ1v) is 6.09. The van der Waals surface area contributed by atoms with Crippen LogP contribution in [0.5, 0.6) is 0 Å². The fourth-order valence-corrected chi connectivity index (χ4v) is 2.63. The molecule has 1 aliphatic heterocycles. The minimum atomic E-state index is 0.705. The van der Waals surface area contributed by atoms with E-state index in [1.807, 2.05) is 0 Å². The lowest BCUT2D eigenvalue weighted by molar-refractivity contribution is 0.432. The van der Waals surface area contributed by atoms with E-state index in [-0.39, 0.29) is 0 Å². The predicted octanol–water partition coefficient (Wildman–Crippen LogP) is 2.93. The third-order valence-corrected chi connectivity index (χ3v) is 3.72. The van der Waals surface area contributed by atoms with Gasteiger partial charge in [0.05, 0.1) is 0 Å². The molecule has 1 aromatic rings. The van der Waals surface area contributed by atoms with Crippen LogP contribution in [0.25, 0.3) is 0 Å². The molecule has 1 saturated heterocycles. The Balaban J connectivity index is 2.05. The van der Waals surface area contributed by atoms with Gasteiger partial charge in [0.2, 0.25) is 0 Å². The molecule has 0 aromatic heterocycles. The van der Waals surface area contributed by atoms with Crippen molar-refractivity contribution in [2.75, 3.05) is 6.54 Å². The molecule has 2 atom stereocenters. The van der Waals surface area contributed by atoms with Gasteiger partial charge in [-0.15, -0.1) is 0 Å². The van der Waals surface area contributed by atoms with Crippen LogP contribution in [-0.2, 0) is 6.42 Å². The minimum Gasteiger partial charge on any atom is -0.313 e. The predicted molar refractivity (Wildman–Crippen MR) is 65.1 cm³/mol. The van der Waals surface area contributed by atoms with Gasteiger partial charge in [-0.1, -0.05) is 37.6 Å². The van der Waals surface area contributed by atoms with E-state index in [0.29, 0.717) is 6.04 Å². The summed E-state index contributed by atoms with van der Waals surface area (Å²) >= 11 is 0. The number of benzene rings is 1. The van der Waals surface area contributed by atoms with Gasteiger partial charge < -0.3 is 5.32 Å². The van der Waals surface area contributed by atoms with Gasteiger partial charge in [0, 0.05) is 6.04 Å². The molecule has 1 N–H and O–H groups in total. The van der Waals surface area contributed by atoms with Gasteiger partial charge in [-0.05, 0) is 43.4 Å². The lowest BCUT2D eigenvalue weighted by Crippen LogP contribution is -2.29. The minimum absolute atomic E-state index is 0.705. The quantitative estimate of drug-likeness (QED) is 0.796. The zero-order valence-electron chi connectivity index (χ0n) is 9.79. The molecule has 1 heterocycles. The van der Waals surface area contributed by atoms with E-state index < -0.39 is 0 Å². The highest BCUT2D eigenvalue weighted by molar-refractivity contribution is 5.26. The average molecular weight is 203 g/mol. The van der Waals surface area contributed by atoms with Crippen LogP contribution in [-0.4, -0.2) is 12.6 Å². The maximum atomic E-state index is 3.63. The van der Waals surface area contributed by atoms with E-state index >= 15 is 0 Å². The van der Waals surface area contributed by atoms with Crippen LogP contribution in [0.4, 0.5) is 0 Å². The summed E-state index contributed by atoms with van der Waals surface area (Å²) in [5.41, 5.74) is 2.94. The summed E-state index contributed by atoms with van der Waals surface area (Å²) in [5.74, 6) is 0.879. The molecule has 1 heteroatoms. The lowest BCUT2D eigenvalue weighted by Gasteiger charge is -2.19. The van der Waals surface area contributed by atoms with Crippen LogP contribution in [0.2, 0.25) is 0 Å². The second-order valence-corrected chi connectivity index (χ2v) is 4.65. The third kappa shape index (κ3) is 2.40. The van der Waals surface area contributed by atoms with Gasteiger partial charge in [0.1, 0.15) is 0 Å². The van der Waals surface area contributed by atoms with Crippen LogP contribution in [0, 0.1) is 12.8 Å². The Labute approximate surface area is 92.9 Å². The summed E-state index contributed by atoms with van der Waals surface area (Å²) in [4.78, 5) is 0. The Morgan fingerprint density at radius 3 is 2.87 bits per heavy atom. The van der Waals surface area contributed by atoms with Gasteiger partial charge >= 0.3 is 0 Å². The van der Waals surface area contributed by atoms with Gasteiger partial charge in [-0.2, -0.15) is 0 Å². The van der Waals surface area contributed by atoms with Gasteiger partial charge in [0.25, 0.3) is 0 Å². The highest BCUT2D eigenvalue weighted by Gasteiger charge is 2.25. The molecule has 0 unspecified atom stereocenters. The van der Waals surface area contributed by atoms with Crippen LogP contribution in [0.3, 0.4) is 0 Å². The summed E-state index contributed by atoms with van der Waals surface area (Å²) in [6.45, 7) is 5.73. The molecule has 0 saturated carbocycles. The average Bonchev–Trinajstić information content (AvgIpc) is 2.69. The molecular formula is C14H21N. The summed E-state index contributed by atoms with van der Waals surface area (Å²) in [6.07, 6.45) is 3.86. The van der Waals surface area contributed by atoms with Crippen molar-refractivity contribution in [3.63, 3.8) is 0 Å². The molecule has 1 aromatic carbocycles.